The van der Waals surface area contributed by atoms with Gasteiger partial charge < -0.3 is 25.3 Å². The van der Waals surface area contributed by atoms with Crippen LogP contribution in [0.1, 0.15) is 0 Å². The van der Waals surface area contributed by atoms with E-state index in [0.29, 0.717) is 0 Å². The van der Waals surface area contributed by atoms with Crippen molar-refractivity contribution in [2.45, 2.75) is 6.29 Å². The highest BCUT2D eigenvalue weighted by Gasteiger charge is 2.28. The van der Waals surface area contributed by atoms with E-state index in [-0.39, 0.29) is 0 Å². The van der Waals surface area contributed by atoms with Crippen LogP contribution in [0.2, 0.25) is 0 Å². The zero-order chi connectivity index (χ0) is 10.7. The van der Waals surface area contributed by atoms with E-state index in [1.54, 1.807) is 0 Å². The predicted octanol–water partition coefficient (Wildman–Crippen LogP) is -1.51. The molecule has 13 heavy (non-hydrogen) atoms. The highest BCUT2D eigenvalue weighted by molar-refractivity contribution is 7.47. The Morgan fingerprint density at radius 2 is 1.38 bits per heavy atom. The first-order chi connectivity index (χ1) is 5.64. The predicted molar refractivity (Wildman–Crippen MR) is 39.1 cm³/mol. The van der Waals surface area contributed by atoms with Gasteiger partial charge in [0.15, 0.2) is 6.29 Å². The fourth-order valence-corrected chi connectivity index (χ4v) is 1.35. The van der Waals surface area contributed by atoms with E-state index < -0.39 is 28.5 Å². The summed E-state index contributed by atoms with van der Waals surface area (Å²) in [6, 6.07) is 0. The third-order valence-electron chi connectivity index (χ3n) is 0.702. The Morgan fingerprint density at radius 3 is 1.54 bits per heavy atom. The molecule has 0 aliphatic rings. The van der Waals surface area contributed by atoms with Crippen molar-refractivity contribution in [1.82, 2.24) is 0 Å². The monoisotopic (exact) mass is 237 g/mol. The molecular weight excluding hydrogens is 228 g/mol. The van der Waals surface area contributed by atoms with Crippen molar-refractivity contribution in [2.24, 2.45) is 5.73 Å². The zero-order valence-corrected chi connectivity index (χ0v) is 7.97. The first-order valence-corrected chi connectivity index (χ1v) is 5.88. The molecule has 0 aromatic heterocycles. The van der Waals surface area contributed by atoms with Gasteiger partial charge in [0.1, 0.15) is 0 Å². The van der Waals surface area contributed by atoms with Gasteiger partial charge in [-0.15, -0.1) is 0 Å². The number of nitrogens with two attached hydrogens (primary N) is 1. The minimum Gasteiger partial charge on any atom is -0.326 e. The van der Waals surface area contributed by atoms with E-state index in [0.717, 1.165) is 0 Å². The topological polar surface area (TPSA) is 160 Å². The van der Waals surface area contributed by atoms with Crippen molar-refractivity contribution in [3.8, 4) is 0 Å². The van der Waals surface area contributed by atoms with E-state index in [1.807, 2.05) is 0 Å². The summed E-state index contributed by atoms with van der Waals surface area (Å²) in [6.45, 7) is -0.601. The van der Waals surface area contributed by atoms with Gasteiger partial charge in [-0.25, -0.2) is 9.13 Å². The van der Waals surface area contributed by atoms with Crippen LogP contribution in [-0.4, -0.2) is 32.4 Å². The van der Waals surface area contributed by atoms with Crippen LogP contribution in [0.3, 0.4) is 0 Å². The van der Waals surface area contributed by atoms with Gasteiger partial charge in [0.25, 0.3) is 0 Å². The molecular formula is C2H9NO8P2. The molecule has 0 aliphatic carbocycles. The second-order valence-electron chi connectivity index (χ2n) is 1.86. The molecule has 0 unspecified atom stereocenters. The molecule has 0 heterocycles. The first kappa shape index (κ1) is 13.2. The van der Waals surface area contributed by atoms with Crippen molar-refractivity contribution in [3.05, 3.63) is 0 Å². The van der Waals surface area contributed by atoms with E-state index in [4.69, 9.17) is 25.3 Å². The Bertz CT molecular complexity index is 217. The molecule has 0 bridgehead atoms. The van der Waals surface area contributed by atoms with Crippen molar-refractivity contribution >= 4 is 15.6 Å². The fourth-order valence-electron chi connectivity index (χ4n) is 0.412. The third-order valence-corrected chi connectivity index (χ3v) is 1.72. The lowest BCUT2D eigenvalue weighted by Crippen LogP contribution is -2.24. The van der Waals surface area contributed by atoms with E-state index in [2.05, 4.69) is 9.05 Å². The van der Waals surface area contributed by atoms with Gasteiger partial charge in [-0.3, -0.25) is 9.05 Å². The molecule has 11 heteroatoms. The lowest BCUT2D eigenvalue weighted by Gasteiger charge is -2.16. The normalized spacial score (nSPS) is 13.7. The highest BCUT2D eigenvalue weighted by atomic mass is 31.2. The van der Waals surface area contributed by atoms with E-state index >= 15 is 0 Å². The van der Waals surface area contributed by atoms with Crippen LogP contribution in [0.4, 0.5) is 0 Å². The summed E-state index contributed by atoms with van der Waals surface area (Å²) in [6.07, 6.45) is -1.85. The van der Waals surface area contributed by atoms with Gasteiger partial charge in [-0.05, 0) is 0 Å². The quantitative estimate of drug-likeness (QED) is 0.282. The van der Waals surface area contributed by atoms with Gasteiger partial charge >= 0.3 is 15.6 Å². The summed E-state index contributed by atoms with van der Waals surface area (Å²) in [5.74, 6) is 0. The number of phosphoric ester groups is 2. The highest BCUT2D eigenvalue weighted by Crippen LogP contribution is 2.43. The molecule has 0 aliphatic heterocycles. The third kappa shape index (κ3) is 8.51. The molecule has 0 aromatic carbocycles. The van der Waals surface area contributed by atoms with Crippen LogP contribution in [0.5, 0.6) is 0 Å². The standard InChI is InChI=1S/C2H9NO8P2/c3-1-2(10-12(4,5)6)11-13(7,8)9/h2H,1,3H2,(H2,4,5,6)(H2,7,8,9). The molecule has 0 aromatic rings. The van der Waals surface area contributed by atoms with Crippen molar-refractivity contribution in [1.29, 1.82) is 0 Å². The number of hydrogen-bond acceptors (Lipinski definition) is 5. The van der Waals surface area contributed by atoms with Crippen LogP contribution in [-0.2, 0) is 18.2 Å². The molecule has 0 atom stereocenters. The minimum atomic E-state index is -4.87. The van der Waals surface area contributed by atoms with E-state index in [9.17, 15) is 9.13 Å². The van der Waals surface area contributed by atoms with E-state index in [1.165, 1.54) is 0 Å². The smallest absolute Gasteiger partial charge is 0.326 e. The number of phosphoric acid groups is 2. The molecule has 0 fully saturated rings. The summed E-state index contributed by atoms with van der Waals surface area (Å²) >= 11 is 0. The Labute approximate surface area is 72.9 Å². The van der Waals surface area contributed by atoms with Crippen LogP contribution in [0, 0.1) is 0 Å². The van der Waals surface area contributed by atoms with Crippen LogP contribution >= 0.6 is 15.6 Å². The van der Waals surface area contributed by atoms with Gasteiger partial charge in [0.05, 0.1) is 0 Å². The molecule has 0 spiro atoms. The maximum absolute atomic E-state index is 10.2. The largest absolute Gasteiger partial charge is 0.471 e. The van der Waals surface area contributed by atoms with Gasteiger partial charge in [0.2, 0.25) is 0 Å². The molecule has 6 N–H and O–H groups in total. The maximum atomic E-state index is 10.2. The molecule has 0 amide bonds. The number of hydrogen-bond donors (Lipinski definition) is 5. The molecule has 0 rings (SSSR count). The molecule has 0 saturated carbocycles. The van der Waals surface area contributed by atoms with Crippen LogP contribution < -0.4 is 5.73 Å². The molecule has 80 valence electrons. The Hall–Kier alpha value is 0.180. The van der Waals surface area contributed by atoms with Gasteiger partial charge in [-0.1, -0.05) is 0 Å². The van der Waals surface area contributed by atoms with Crippen LogP contribution in [0.15, 0.2) is 0 Å². The summed E-state index contributed by atoms with van der Waals surface area (Å²) in [5, 5.41) is 0. The van der Waals surface area contributed by atoms with Gasteiger partial charge in [0, 0.05) is 6.54 Å². The Balaban J connectivity index is 4.22. The molecule has 0 radical (unpaired) electrons. The fraction of sp³-hybridized carbons (Fsp3) is 1.00. The summed E-state index contributed by atoms with van der Waals surface area (Å²) in [5.41, 5.74) is 4.85. The number of rotatable bonds is 5. The average molecular weight is 237 g/mol. The van der Waals surface area contributed by atoms with Crippen molar-refractivity contribution in [2.75, 3.05) is 6.54 Å². The summed E-state index contributed by atoms with van der Waals surface area (Å²) < 4.78 is 27.9. The Kier molecular flexibility index (Phi) is 4.67. The summed E-state index contributed by atoms with van der Waals surface area (Å²) in [4.78, 5) is 32.9. The lowest BCUT2D eigenvalue weighted by molar-refractivity contribution is -0.0259. The van der Waals surface area contributed by atoms with Gasteiger partial charge in [-0.2, -0.15) is 0 Å². The second kappa shape index (κ2) is 4.61. The molecule has 0 saturated heterocycles. The minimum absolute atomic E-state index is 0.601. The SMILES string of the molecule is NCC(OP(=O)(O)O)OP(=O)(O)O. The Morgan fingerprint density at radius 1 is 1.08 bits per heavy atom. The first-order valence-electron chi connectivity index (χ1n) is 2.82. The summed E-state index contributed by atoms with van der Waals surface area (Å²) in [7, 11) is -9.75. The van der Waals surface area contributed by atoms with Crippen molar-refractivity contribution < 1.29 is 37.8 Å². The average Bonchev–Trinajstić information content (AvgIpc) is 1.79. The second-order valence-corrected chi connectivity index (χ2v) is 4.24. The van der Waals surface area contributed by atoms with Crippen molar-refractivity contribution in [3.63, 3.8) is 0 Å². The zero-order valence-electron chi connectivity index (χ0n) is 6.18. The maximum Gasteiger partial charge on any atom is 0.471 e. The lowest BCUT2D eigenvalue weighted by atomic mass is 10.7. The molecule has 9 nitrogen and oxygen atoms in total. The van der Waals surface area contributed by atoms with Crippen LogP contribution in [0.25, 0.3) is 0 Å².